The lowest BCUT2D eigenvalue weighted by Gasteiger charge is -2.26. The Bertz CT molecular complexity index is 771. The van der Waals surface area contributed by atoms with E-state index in [1.54, 1.807) is 0 Å². The van der Waals surface area contributed by atoms with Gasteiger partial charge in [-0.2, -0.15) is 0 Å². The maximum Gasteiger partial charge on any atom is 0.243 e. The maximum atomic E-state index is 12.5. The third-order valence-electron chi connectivity index (χ3n) is 3.58. The molecule has 0 bridgehead atoms. The van der Waals surface area contributed by atoms with Gasteiger partial charge >= 0.3 is 0 Å². The van der Waals surface area contributed by atoms with E-state index in [9.17, 15) is 8.42 Å². The molecule has 1 aliphatic rings. The topological polar surface area (TPSA) is 46.2 Å². The molecule has 7 heteroatoms. The number of hydrogen-bond donors (Lipinski definition) is 1. The van der Waals surface area contributed by atoms with Crippen LogP contribution in [0.4, 0.5) is 0 Å². The average molecular weight is 362 g/mol. The molecule has 1 aromatic heterocycles. The third kappa shape index (κ3) is 3.12. The van der Waals surface area contributed by atoms with Crippen LogP contribution in [0.25, 0.3) is 0 Å². The van der Waals surface area contributed by atoms with Crippen LogP contribution in [0, 0.1) is 0 Å². The van der Waals surface area contributed by atoms with Crippen LogP contribution in [-0.4, -0.2) is 8.42 Å². The smallest absolute Gasteiger partial charge is 0.207 e. The zero-order valence-corrected chi connectivity index (χ0v) is 14.1. The fourth-order valence-corrected chi connectivity index (χ4v) is 6.03. The van der Waals surface area contributed by atoms with E-state index in [4.69, 9.17) is 23.2 Å². The fourth-order valence-electron chi connectivity index (χ4n) is 2.64. The highest BCUT2D eigenvalue weighted by Gasteiger charge is 2.28. The van der Waals surface area contributed by atoms with Crippen molar-refractivity contribution in [3.05, 3.63) is 50.1 Å². The molecule has 0 amide bonds. The molecule has 0 radical (unpaired) electrons. The molecule has 21 heavy (non-hydrogen) atoms. The van der Waals surface area contributed by atoms with Gasteiger partial charge in [0.2, 0.25) is 10.0 Å². The Morgan fingerprint density at radius 1 is 1.24 bits per heavy atom. The lowest BCUT2D eigenvalue weighted by molar-refractivity contribution is 0.507. The van der Waals surface area contributed by atoms with E-state index >= 15 is 0 Å². The van der Waals surface area contributed by atoms with Gasteiger partial charge in [-0.15, -0.1) is 11.3 Å². The van der Waals surface area contributed by atoms with Crippen LogP contribution in [0.15, 0.2) is 35.2 Å². The lowest BCUT2D eigenvalue weighted by atomic mass is 9.88. The molecule has 3 rings (SSSR count). The molecule has 0 aliphatic heterocycles. The van der Waals surface area contributed by atoms with Crippen molar-refractivity contribution in [1.82, 2.24) is 4.72 Å². The minimum Gasteiger partial charge on any atom is -0.207 e. The van der Waals surface area contributed by atoms with Crippen molar-refractivity contribution < 1.29 is 8.42 Å². The molecule has 1 atom stereocenters. The van der Waals surface area contributed by atoms with Crippen molar-refractivity contribution in [1.29, 1.82) is 0 Å². The fraction of sp³-hybridized carbons (Fsp3) is 0.286. The Labute approximate surface area is 137 Å². The summed E-state index contributed by atoms with van der Waals surface area (Å²) in [7, 11) is -3.67. The van der Waals surface area contributed by atoms with Gasteiger partial charge in [0.25, 0.3) is 0 Å². The number of hydrogen-bond acceptors (Lipinski definition) is 3. The van der Waals surface area contributed by atoms with Crippen LogP contribution in [0.1, 0.15) is 30.0 Å². The second-order valence-electron chi connectivity index (χ2n) is 4.95. The Kier molecular flexibility index (Phi) is 4.30. The van der Waals surface area contributed by atoms with Gasteiger partial charge in [-0.25, -0.2) is 13.1 Å². The minimum atomic E-state index is -3.67. The van der Waals surface area contributed by atoms with Crippen molar-refractivity contribution in [2.24, 2.45) is 0 Å². The summed E-state index contributed by atoms with van der Waals surface area (Å²) < 4.78 is 28.3. The molecule has 0 fully saturated rings. The Hall–Kier alpha value is -0.590. The van der Waals surface area contributed by atoms with Gasteiger partial charge in [-0.05, 0) is 36.5 Å². The number of nitrogens with one attached hydrogen (secondary N) is 1. The van der Waals surface area contributed by atoms with Crippen molar-refractivity contribution >= 4 is 44.6 Å². The standard InChI is InChI=1S/C14H13Cl2NO2S2/c15-13-8-12(14(16)20-13)21(18,19)17-11-7-3-5-9-4-1-2-6-10(9)11/h1-2,4,6,8,11,17H,3,5,7H2. The number of fused-ring (bicyclic) bond motifs is 1. The maximum absolute atomic E-state index is 12.5. The van der Waals surface area contributed by atoms with E-state index in [1.165, 1.54) is 11.6 Å². The van der Waals surface area contributed by atoms with Gasteiger partial charge in [0.15, 0.2) is 0 Å². The first-order valence-electron chi connectivity index (χ1n) is 6.52. The second-order valence-corrected chi connectivity index (χ2v) is 8.92. The highest BCUT2D eigenvalue weighted by molar-refractivity contribution is 7.89. The van der Waals surface area contributed by atoms with E-state index in [0.29, 0.717) is 4.34 Å². The van der Waals surface area contributed by atoms with Crippen molar-refractivity contribution in [3.8, 4) is 0 Å². The highest BCUT2D eigenvalue weighted by Crippen LogP contribution is 2.36. The first-order valence-corrected chi connectivity index (χ1v) is 9.58. The van der Waals surface area contributed by atoms with Crippen LogP contribution in [0.5, 0.6) is 0 Å². The molecule has 0 saturated heterocycles. The molecule has 1 heterocycles. The van der Waals surface area contributed by atoms with Crippen LogP contribution in [-0.2, 0) is 16.4 Å². The number of thiophene rings is 1. The monoisotopic (exact) mass is 361 g/mol. The van der Waals surface area contributed by atoms with Crippen LogP contribution in [0.2, 0.25) is 8.67 Å². The predicted molar refractivity (Wildman–Crippen MR) is 86.8 cm³/mol. The summed E-state index contributed by atoms with van der Waals surface area (Å²) in [5.41, 5.74) is 2.25. The zero-order valence-electron chi connectivity index (χ0n) is 11.0. The molecule has 3 nitrogen and oxygen atoms in total. The van der Waals surface area contributed by atoms with Gasteiger partial charge in [0.1, 0.15) is 9.23 Å². The molecular formula is C14H13Cl2NO2S2. The van der Waals surface area contributed by atoms with E-state index < -0.39 is 10.0 Å². The first kappa shape index (κ1) is 15.3. The number of aryl methyl sites for hydroxylation is 1. The molecule has 1 aromatic carbocycles. The third-order valence-corrected chi connectivity index (χ3v) is 6.81. The van der Waals surface area contributed by atoms with Crippen LogP contribution >= 0.6 is 34.5 Å². The molecule has 1 aliphatic carbocycles. The summed E-state index contributed by atoms with van der Waals surface area (Å²) >= 11 is 12.9. The number of rotatable bonds is 3. The van der Waals surface area contributed by atoms with Gasteiger partial charge in [-0.1, -0.05) is 47.5 Å². The molecule has 1 unspecified atom stereocenters. The lowest BCUT2D eigenvalue weighted by Crippen LogP contribution is -2.31. The number of halogens is 2. The zero-order chi connectivity index (χ0) is 15.0. The number of benzene rings is 1. The highest BCUT2D eigenvalue weighted by atomic mass is 35.5. The van der Waals surface area contributed by atoms with Crippen LogP contribution in [0.3, 0.4) is 0 Å². The first-order chi connectivity index (χ1) is 9.97. The summed E-state index contributed by atoms with van der Waals surface area (Å²) in [5.74, 6) is 0. The van der Waals surface area contributed by atoms with Gasteiger partial charge < -0.3 is 0 Å². The summed E-state index contributed by atoms with van der Waals surface area (Å²) in [6, 6.07) is 9.11. The predicted octanol–water partition coefficient (Wildman–Crippen LogP) is 4.41. The summed E-state index contributed by atoms with van der Waals surface area (Å²) in [6.45, 7) is 0. The molecule has 112 valence electrons. The second kappa shape index (κ2) is 5.89. The summed E-state index contributed by atoms with van der Waals surface area (Å²) in [5, 5.41) is 0. The molecule has 1 N–H and O–H groups in total. The van der Waals surface area contributed by atoms with E-state index in [-0.39, 0.29) is 15.3 Å². The SMILES string of the molecule is O=S(=O)(NC1CCCc2ccccc21)c1cc(Cl)sc1Cl. The van der Waals surface area contributed by atoms with Crippen molar-refractivity contribution in [2.75, 3.05) is 0 Å². The largest absolute Gasteiger partial charge is 0.243 e. The normalized spacial score (nSPS) is 18.5. The van der Waals surface area contributed by atoms with Crippen molar-refractivity contribution in [3.63, 3.8) is 0 Å². The molecular weight excluding hydrogens is 349 g/mol. The van der Waals surface area contributed by atoms with Crippen molar-refractivity contribution in [2.45, 2.75) is 30.2 Å². The Morgan fingerprint density at radius 2 is 2.00 bits per heavy atom. The van der Waals surface area contributed by atoms with E-state index in [1.807, 2.05) is 24.3 Å². The van der Waals surface area contributed by atoms with Crippen LogP contribution < -0.4 is 4.72 Å². The minimum absolute atomic E-state index is 0.0576. The quantitative estimate of drug-likeness (QED) is 0.879. The Balaban J connectivity index is 1.92. The van der Waals surface area contributed by atoms with Gasteiger partial charge in [-0.3, -0.25) is 0 Å². The summed E-state index contributed by atoms with van der Waals surface area (Å²) in [4.78, 5) is 0.0576. The molecule has 0 spiro atoms. The summed E-state index contributed by atoms with van der Waals surface area (Å²) in [6.07, 6.45) is 2.73. The molecule has 2 aromatic rings. The number of sulfonamides is 1. The van der Waals surface area contributed by atoms with Gasteiger partial charge in [0, 0.05) is 6.04 Å². The van der Waals surface area contributed by atoms with E-state index in [2.05, 4.69) is 4.72 Å². The average Bonchev–Trinajstić information content (AvgIpc) is 2.79. The van der Waals surface area contributed by atoms with E-state index in [0.717, 1.165) is 36.2 Å². The molecule has 0 saturated carbocycles. The Morgan fingerprint density at radius 3 is 2.71 bits per heavy atom. The van der Waals surface area contributed by atoms with Gasteiger partial charge in [0.05, 0.1) is 4.34 Å².